The van der Waals surface area contributed by atoms with Crippen molar-refractivity contribution in [2.24, 2.45) is 0 Å². The van der Waals surface area contributed by atoms with E-state index in [1.54, 1.807) is 0 Å². The number of rotatable bonds is 2. The minimum atomic E-state index is 0. The monoisotopic (exact) mass is 432 g/mol. The summed E-state index contributed by atoms with van der Waals surface area (Å²) >= 11 is 12.4. The van der Waals surface area contributed by atoms with Crippen LogP contribution in [-0.4, -0.2) is 43.0 Å². The van der Waals surface area contributed by atoms with E-state index in [9.17, 15) is 0 Å². The Hall–Kier alpha value is -0.480. The van der Waals surface area contributed by atoms with Gasteiger partial charge in [0.1, 0.15) is 0 Å². The Labute approximate surface area is 178 Å². The molecule has 2 aromatic rings. The Morgan fingerprint density at radius 2 is 1.50 bits per heavy atom. The first kappa shape index (κ1) is 21.8. The Morgan fingerprint density at radius 1 is 0.846 bits per heavy atom. The van der Waals surface area contributed by atoms with Gasteiger partial charge in [-0.05, 0) is 42.3 Å². The zero-order valence-corrected chi connectivity index (χ0v) is 17.8. The third-order valence-corrected chi connectivity index (χ3v) is 6.25. The summed E-state index contributed by atoms with van der Waals surface area (Å²) in [4.78, 5) is 5.06. The normalized spacial score (nSPS) is 23.0. The first-order valence-electron chi connectivity index (χ1n) is 8.60. The lowest BCUT2D eigenvalue weighted by Crippen LogP contribution is -2.45. The molecule has 0 aromatic heterocycles. The molecule has 4 rings (SSSR count). The molecule has 2 aliphatic rings. The van der Waals surface area contributed by atoms with Crippen LogP contribution in [0.5, 0.6) is 0 Å². The van der Waals surface area contributed by atoms with Gasteiger partial charge in [0.05, 0.1) is 10.0 Å². The molecular formula is C20H24Cl4N2. The molecule has 1 fully saturated rings. The maximum Gasteiger partial charge on any atom is 0.0595 e. The van der Waals surface area contributed by atoms with Crippen molar-refractivity contribution in [1.82, 2.24) is 9.80 Å². The predicted molar refractivity (Wildman–Crippen MR) is 116 cm³/mol. The van der Waals surface area contributed by atoms with Gasteiger partial charge in [-0.1, -0.05) is 53.5 Å². The number of benzene rings is 2. The van der Waals surface area contributed by atoms with Crippen molar-refractivity contribution in [3.63, 3.8) is 0 Å². The molecule has 0 saturated carbocycles. The third kappa shape index (κ3) is 4.16. The second kappa shape index (κ2) is 9.14. The Balaban J connectivity index is 0.00000121. The van der Waals surface area contributed by atoms with Crippen molar-refractivity contribution < 1.29 is 0 Å². The van der Waals surface area contributed by atoms with Crippen LogP contribution in [0.1, 0.15) is 35.1 Å². The fourth-order valence-electron chi connectivity index (χ4n) is 4.13. The van der Waals surface area contributed by atoms with Crippen molar-refractivity contribution in [3.8, 4) is 0 Å². The molecule has 1 aliphatic heterocycles. The summed E-state index contributed by atoms with van der Waals surface area (Å²) in [5, 5.41) is 1.28. The highest BCUT2D eigenvalue weighted by atomic mass is 35.5. The van der Waals surface area contributed by atoms with Gasteiger partial charge < -0.3 is 4.90 Å². The van der Waals surface area contributed by atoms with E-state index in [0.717, 1.165) is 32.6 Å². The molecule has 0 bridgehead atoms. The molecule has 1 saturated heterocycles. The predicted octanol–water partition coefficient (Wildman–Crippen LogP) is 5.66. The average molecular weight is 434 g/mol. The number of nitrogens with zero attached hydrogens (tertiary/aromatic N) is 2. The number of likely N-dealkylation sites (N-methyl/N-ethyl adjacent to an activating group) is 1. The van der Waals surface area contributed by atoms with Gasteiger partial charge in [0.2, 0.25) is 0 Å². The molecule has 0 spiro atoms. The fourth-order valence-corrected chi connectivity index (χ4v) is 4.44. The van der Waals surface area contributed by atoms with E-state index in [-0.39, 0.29) is 24.8 Å². The summed E-state index contributed by atoms with van der Waals surface area (Å²) in [6, 6.07) is 15.5. The third-order valence-electron chi connectivity index (χ3n) is 5.51. The topological polar surface area (TPSA) is 6.48 Å². The van der Waals surface area contributed by atoms with E-state index in [2.05, 4.69) is 47.2 Å². The number of piperazine rings is 1. The minimum absolute atomic E-state index is 0. The lowest BCUT2D eigenvalue weighted by Gasteiger charge is -2.37. The van der Waals surface area contributed by atoms with Gasteiger partial charge in [-0.25, -0.2) is 0 Å². The van der Waals surface area contributed by atoms with Gasteiger partial charge in [0.25, 0.3) is 0 Å². The largest absolute Gasteiger partial charge is 0.304 e. The van der Waals surface area contributed by atoms with Gasteiger partial charge >= 0.3 is 0 Å². The zero-order chi connectivity index (χ0) is 16.7. The lowest BCUT2D eigenvalue weighted by molar-refractivity contribution is 0.110. The molecule has 26 heavy (non-hydrogen) atoms. The standard InChI is InChI=1S/C20H22Cl2N2.2ClH/c1-23-8-10-24(11-9-23)20-13-17(15-4-2-3-5-16(15)20)14-6-7-18(21)19(22)12-14;;/h2-7,12,17,20H,8-11,13H2,1H3;2*1H. The van der Waals surface area contributed by atoms with E-state index < -0.39 is 0 Å². The number of fused-ring (bicyclic) bond motifs is 1. The first-order chi connectivity index (χ1) is 11.6. The van der Waals surface area contributed by atoms with Crippen molar-refractivity contribution >= 4 is 48.0 Å². The molecule has 6 heteroatoms. The molecule has 2 unspecified atom stereocenters. The SMILES string of the molecule is CN1CCN(C2CC(c3ccc(Cl)c(Cl)c3)c3ccccc32)CC1.Cl.Cl. The van der Waals surface area contributed by atoms with Crippen molar-refractivity contribution in [2.45, 2.75) is 18.4 Å². The molecule has 1 heterocycles. The zero-order valence-electron chi connectivity index (χ0n) is 14.7. The molecule has 0 amide bonds. The van der Waals surface area contributed by atoms with E-state index in [1.807, 2.05) is 12.1 Å². The summed E-state index contributed by atoms with van der Waals surface area (Å²) < 4.78 is 0. The van der Waals surface area contributed by atoms with E-state index in [4.69, 9.17) is 23.2 Å². The maximum atomic E-state index is 6.27. The Morgan fingerprint density at radius 3 is 2.15 bits per heavy atom. The molecule has 0 radical (unpaired) electrons. The average Bonchev–Trinajstić information content (AvgIpc) is 2.98. The first-order valence-corrected chi connectivity index (χ1v) is 9.35. The van der Waals surface area contributed by atoms with Crippen molar-refractivity contribution in [2.75, 3.05) is 33.2 Å². The van der Waals surface area contributed by atoms with E-state index in [1.165, 1.54) is 16.7 Å². The maximum absolute atomic E-state index is 6.27. The van der Waals surface area contributed by atoms with E-state index in [0.29, 0.717) is 22.0 Å². The summed E-state index contributed by atoms with van der Waals surface area (Å²) in [5.74, 6) is 0.403. The highest BCUT2D eigenvalue weighted by molar-refractivity contribution is 6.42. The van der Waals surface area contributed by atoms with Gasteiger partial charge in [-0.15, -0.1) is 24.8 Å². The number of halogens is 4. The highest BCUT2D eigenvalue weighted by Crippen LogP contribution is 2.47. The summed E-state index contributed by atoms with van der Waals surface area (Å²) in [5.41, 5.74) is 4.20. The Bertz CT molecular complexity index is 744. The molecule has 2 nitrogen and oxygen atoms in total. The van der Waals surface area contributed by atoms with Crippen LogP contribution in [0, 0.1) is 0 Å². The van der Waals surface area contributed by atoms with Gasteiger partial charge in [0.15, 0.2) is 0 Å². The van der Waals surface area contributed by atoms with Crippen LogP contribution in [0.15, 0.2) is 42.5 Å². The molecular weight excluding hydrogens is 410 g/mol. The van der Waals surface area contributed by atoms with Crippen LogP contribution in [0.3, 0.4) is 0 Å². The summed E-state index contributed by atoms with van der Waals surface area (Å²) in [6.45, 7) is 4.58. The number of hydrogen-bond acceptors (Lipinski definition) is 2. The van der Waals surface area contributed by atoms with Crippen LogP contribution in [0.4, 0.5) is 0 Å². The van der Waals surface area contributed by atoms with Crippen LogP contribution >= 0.6 is 48.0 Å². The summed E-state index contributed by atoms with van der Waals surface area (Å²) in [7, 11) is 2.21. The van der Waals surface area contributed by atoms with Gasteiger partial charge in [0, 0.05) is 38.1 Å². The smallest absolute Gasteiger partial charge is 0.0595 e. The second-order valence-electron chi connectivity index (χ2n) is 6.95. The van der Waals surface area contributed by atoms with Gasteiger partial charge in [-0.2, -0.15) is 0 Å². The quantitative estimate of drug-likeness (QED) is 0.602. The van der Waals surface area contributed by atoms with Crippen LogP contribution < -0.4 is 0 Å². The van der Waals surface area contributed by atoms with Crippen molar-refractivity contribution in [1.29, 1.82) is 0 Å². The van der Waals surface area contributed by atoms with Crippen LogP contribution in [-0.2, 0) is 0 Å². The highest BCUT2D eigenvalue weighted by Gasteiger charge is 2.36. The van der Waals surface area contributed by atoms with E-state index >= 15 is 0 Å². The van der Waals surface area contributed by atoms with Crippen LogP contribution in [0.2, 0.25) is 10.0 Å². The fraction of sp³-hybridized carbons (Fsp3) is 0.400. The van der Waals surface area contributed by atoms with Crippen molar-refractivity contribution in [3.05, 3.63) is 69.2 Å². The molecule has 0 N–H and O–H groups in total. The molecule has 142 valence electrons. The molecule has 1 aliphatic carbocycles. The number of hydrogen-bond donors (Lipinski definition) is 0. The van der Waals surface area contributed by atoms with Crippen LogP contribution in [0.25, 0.3) is 0 Å². The lowest BCUT2D eigenvalue weighted by atomic mass is 9.93. The molecule has 2 atom stereocenters. The molecule has 2 aromatic carbocycles. The Kier molecular flexibility index (Phi) is 7.67. The second-order valence-corrected chi connectivity index (χ2v) is 7.76. The van der Waals surface area contributed by atoms with Gasteiger partial charge in [-0.3, -0.25) is 4.90 Å². The summed E-state index contributed by atoms with van der Waals surface area (Å²) in [6.07, 6.45) is 1.13. The minimum Gasteiger partial charge on any atom is -0.304 e.